The van der Waals surface area contributed by atoms with Crippen molar-refractivity contribution in [3.63, 3.8) is 0 Å². The molecule has 0 bridgehead atoms. The Bertz CT molecular complexity index is 832. The summed E-state index contributed by atoms with van der Waals surface area (Å²) in [4.78, 5) is 19.3. The van der Waals surface area contributed by atoms with Gasteiger partial charge in [-0.3, -0.25) is 9.69 Å². The van der Waals surface area contributed by atoms with Crippen molar-refractivity contribution in [2.75, 3.05) is 11.4 Å². The fourth-order valence-corrected chi connectivity index (χ4v) is 3.91. The van der Waals surface area contributed by atoms with Crippen molar-refractivity contribution < 1.29 is 4.79 Å². The number of nitrogens with zero attached hydrogens (tertiary/aromatic N) is 2. The van der Waals surface area contributed by atoms with E-state index < -0.39 is 0 Å². The quantitative estimate of drug-likeness (QED) is 0.596. The number of hydrogen-bond donors (Lipinski definition) is 0. The highest BCUT2D eigenvalue weighted by molar-refractivity contribution is 9.10. The van der Waals surface area contributed by atoms with Crippen molar-refractivity contribution in [3.8, 4) is 0 Å². The van der Waals surface area contributed by atoms with Crippen LogP contribution in [0.2, 0.25) is 5.02 Å². The van der Waals surface area contributed by atoms with Crippen LogP contribution >= 0.6 is 38.9 Å². The normalized spacial score (nSPS) is 10.9. The van der Waals surface area contributed by atoms with Crippen LogP contribution in [0.4, 0.5) is 5.82 Å². The van der Waals surface area contributed by atoms with E-state index >= 15 is 0 Å². The molecule has 0 fully saturated rings. The number of aromatic nitrogens is 1. The highest BCUT2D eigenvalue weighted by Gasteiger charge is 2.23. The Kier molecular flexibility index (Phi) is 4.47. The maximum atomic E-state index is 12.9. The van der Waals surface area contributed by atoms with E-state index in [0.29, 0.717) is 22.3 Å². The third kappa shape index (κ3) is 2.76. The lowest BCUT2D eigenvalue weighted by Crippen LogP contribution is -2.30. The minimum Gasteiger partial charge on any atom is -0.292 e. The van der Waals surface area contributed by atoms with E-state index in [2.05, 4.69) is 20.9 Å². The number of benzene rings is 1. The monoisotopic (exact) mass is 394 g/mol. The van der Waals surface area contributed by atoms with Crippen LogP contribution in [0.5, 0.6) is 0 Å². The molecule has 0 aliphatic heterocycles. The van der Waals surface area contributed by atoms with E-state index in [1.54, 1.807) is 11.1 Å². The Balaban J connectivity index is 2.03. The van der Waals surface area contributed by atoms with Crippen LogP contribution in [0.25, 0.3) is 10.1 Å². The molecule has 3 aromatic rings. The number of carbonyl (C=O) groups is 1. The second-order valence-corrected chi connectivity index (χ2v) is 6.97. The fourth-order valence-electron chi connectivity index (χ4n) is 2.21. The van der Waals surface area contributed by atoms with Gasteiger partial charge in [-0.05, 0) is 41.1 Å². The smallest absolute Gasteiger partial charge is 0.271 e. The summed E-state index contributed by atoms with van der Waals surface area (Å²) in [6.45, 7) is 2.45. The molecule has 0 radical (unpaired) electrons. The van der Waals surface area contributed by atoms with Gasteiger partial charge in [0, 0.05) is 27.3 Å². The predicted molar refractivity (Wildman–Crippen MR) is 96.1 cm³/mol. The van der Waals surface area contributed by atoms with Crippen LogP contribution in [-0.4, -0.2) is 17.4 Å². The van der Waals surface area contributed by atoms with E-state index in [1.807, 2.05) is 43.3 Å². The number of anilines is 1. The third-order valence-electron chi connectivity index (χ3n) is 3.28. The van der Waals surface area contributed by atoms with E-state index in [-0.39, 0.29) is 5.91 Å². The number of fused-ring (bicyclic) bond motifs is 1. The molecule has 0 saturated carbocycles. The predicted octanol–water partition coefficient (Wildman–Crippen LogP) is 5.38. The van der Waals surface area contributed by atoms with Gasteiger partial charge in [-0.1, -0.05) is 29.8 Å². The van der Waals surface area contributed by atoms with E-state index in [4.69, 9.17) is 11.6 Å². The number of amides is 1. The fraction of sp³-hybridized carbons (Fsp3) is 0.125. The van der Waals surface area contributed by atoms with Gasteiger partial charge < -0.3 is 0 Å². The number of pyridine rings is 1. The second-order valence-electron chi connectivity index (χ2n) is 4.63. The van der Waals surface area contributed by atoms with Gasteiger partial charge in [0.2, 0.25) is 0 Å². The van der Waals surface area contributed by atoms with Crippen molar-refractivity contribution in [2.24, 2.45) is 0 Å². The minimum absolute atomic E-state index is 0.122. The van der Waals surface area contributed by atoms with Crippen LogP contribution in [-0.2, 0) is 0 Å². The molecule has 0 unspecified atom stereocenters. The molecule has 1 aromatic carbocycles. The zero-order chi connectivity index (χ0) is 15.7. The van der Waals surface area contributed by atoms with Gasteiger partial charge in [0.05, 0.1) is 5.02 Å². The molecule has 6 heteroatoms. The van der Waals surface area contributed by atoms with E-state index in [0.717, 1.165) is 14.6 Å². The molecule has 3 nitrogen and oxygen atoms in total. The Morgan fingerprint density at radius 1 is 1.32 bits per heavy atom. The summed E-state index contributed by atoms with van der Waals surface area (Å²) in [5.41, 5.74) is 0. The molecule has 0 atom stereocenters. The molecule has 3 rings (SSSR count). The summed E-state index contributed by atoms with van der Waals surface area (Å²) in [7, 11) is 0. The summed E-state index contributed by atoms with van der Waals surface area (Å²) in [6, 6.07) is 11.4. The average molecular weight is 396 g/mol. The molecule has 2 heterocycles. The lowest BCUT2D eigenvalue weighted by atomic mass is 10.2. The molecule has 2 aromatic heterocycles. The first-order valence-corrected chi connectivity index (χ1v) is 8.71. The molecule has 0 saturated heterocycles. The van der Waals surface area contributed by atoms with Crippen LogP contribution in [0.1, 0.15) is 16.6 Å². The van der Waals surface area contributed by atoms with Gasteiger partial charge in [-0.25, -0.2) is 4.98 Å². The maximum absolute atomic E-state index is 12.9. The summed E-state index contributed by atoms with van der Waals surface area (Å²) in [6.07, 6.45) is 1.68. The van der Waals surface area contributed by atoms with E-state index in [9.17, 15) is 4.79 Å². The Hall–Kier alpha value is -1.43. The Morgan fingerprint density at radius 2 is 2.09 bits per heavy atom. The van der Waals surface area contributed by atoms with Crippen molar-refractivity contribution in [1.29, 1.82) is 0 Å². The summed E-state index contributed by atoms with van der Waals surface area (Å²) in [5, 5.41) is 1.43. The van der Waals surface area contributed by atoms with Gasteiger partial charge in [0.25, 0.3) is 5.91 Å². The number of halogens is 2. The average Bonchev–Trinajstić information content (AvgIpc) is 2.87. The standard InChI is InChI=1S/C16H12BrClN2OS/c1-2-20(13-8-7-10(17)9-19-13)16(21)15-14(18)11-5-3-4-6-12(11)22-15/h3-9H,2H2,1H3. The summed E-state index contributed by atoms with van der Waals surface area (Å²) in [5.74, 6) is 0.493. The largest absolute Gasteiger partial charge is 0.292 e. The number of carbonyl (C=O) groups excluding carboxylic acids is 1. The van der Waals surface area contributed by atoms with Gasteiger partial charge in [-0.15, -0.1) is 11.3 Å². The molecule has 0 spiro atoms. The number of thiophene rings is 1. The lowest BCUT2D eigenvalue weighted by molar-refractivity contribution is 0.0991. The van der Waals surface area contributed by atoms with Crippen LogP contribution in [0.15, 0.2) is 47.1 Å². The Labute approximate surface area is 145 Å². The van der Waals surface area contributed by atoms with Crippen LogP contribution in [0, 0.1) is 0 Å². The number of hydrogen-bond acceptors (Lipinski definition) is 3. The van der Waals surface area contributed by atoms with Gasteiger partial charge in [0.1, 0.15) is 10.7 Å². The van der Waals surface area contributed by atoms with Gasteiger partial charge in [-0.2, -0.15) is 0 Å². The Morgan fingerprint density at radius 3 is 2.73 bits per heavy atom. The maximum Gasteiger partial charge on any atom is 0.271 e. The molecule has 0 N–H and O–H groups in total. The molecular weight excluding hydrogens is 384 g/mol. The SMILES string of the molecule is CCN(C(=O)c1sc2ccccc2c1Cl)c1ccc(Br)cn1. The van der Waals surface area contributed by atoms with E-state index in [1.165, 1.54) is 11.3 Å². The van der Waals surface area contributed by atoms with Crippen LogP contribution < -0.4 is 4.90 Å². The first-order valence-electron chi connectivity index (χ1n) is 6.72. The molecular formula is C16H12BrClN2OS. The molecule has 22 heavy (non-hydrogen) atoms. The van der Waals surface area contributed by atoms with Crippen molar-refractivity contribution in [1.82, 2.24) is 4.98 Å². The van der Waals surface area contributed by atoms with Crippen molar-refractivity contribution in [3.05, 3.63) is 57.0 Å². The lowest BCUT2D eigenvalue weighted by Gasteiger charge is -2.19. The van der Waals surface area contributed by atoms with Crippen molar-refractivity contribution >= 4 is 60.7 Å². The second kappa shape index (κ2) is 6.36. The summed E-state index contributed by atoms with van der Waals surface area (Å²) < 4.78 is 1.88. The molecule has 0 aliphatic carbocycles. The van der Waals surface area contributed by atoms with Crippen LogP contribution in [0.3, 0.4) is 0 Å². The van der Waals surface area contributed by atoms with Gasteiger partial charge >= 0.3 is 0 Å². The first-order chi connectivity index (χ1) is 10.6. The minimum atomic E-state index is -0.122. The zero-order valence-corrected chi connectivity index (χ0v) is 14.9. The third-order valence-corrected chi connectivity index (χ3v) is 5.41. The van der Waals surface area contributed by atoms with Crippen molar-refractivity contribution in [2.45, 2.75) is 6.92 Å². The topological polar surface area (TPSA) is 33.2 Å². The highest BCUT2D eigenvalue weighted by Crippen LogP contribution is 2.36. The highest BCUT2D eigenvalue weighted by atomic mass is 79.9. The molecule has 1 amide bonds. The number of rotatable bonds is 3. The molecule has 0 aliphatic rings. The zero-order valence-electron chi connectivity index (χ0n) is 11.7. The molecule has 112 valence electrons. The van der Waals surface area contributed by atoms with Gasteiger partial charge in [0.15, 0.2) is 0 Å². The summed E-state index contributed by atoms with van der Waals surface area (Å²) >= 11 is 11.2. The first kappa shape index (κ1) is 15.5.